The maximum Gasteiger partial charge on any atom is 0.0907 e. The zero-order valence-electron chi connectivity index (χ0n) is 10.9. The predicted octanol–water partition coefficient (Wildman–Crippen LogP) is 3.79. The standard InChI is InChI=1S/C14H19N3S/c1-3-4-9-5-11(9)17-12-7-13-14(6-10(12)15)18-8(2)16-13/h6-7,9,11,17H,3-5,15H2,1-2H3. The van der Waals surface area contributed by atoms with Crippen molar-refractivity contribution in [1.29, 1.82) is 0 Å². The van der Waals surface area contributed by atoms with E-state index in [1.165, 1.54) is 24.0 Å². The molecular formula is C14H19N3S. The topological polar surface area (TPSA) is 50.9 Å². The molecule has 1 aliphatic rings. The molecule has 1 fully saturated rings. The Morgan fingerprint density at radius 1 is 1.50 bits per heavy atom. The van der Waals surface area contributed by atoms with E-state index in [1.807, 2.05) is 13.0 Å². The zero-order valence-corrected chi connectivity index (χ0v) is 11.7. The van der Waals surface area contributed by atoms with Gasteiger partial charge in [-0.05, 0) is 37.8 Å². The van der Waals surface area contributed by atoms with Gasteiger partial charge in [-0.1, -0.05) is 13.3 Å². The van der Waals surface area contributed by atoms with Gasteiger partial charge in [0.05, 0.1) is 26.6 Å². The van der Waals surface area contributed by atoms with Crippen LogP contribution in [0.15, 0.2) is 12.1 Å². The summed E-state index contributed by atoms with van der Waals surface area (Å²) in [7, 11) is 0. The van der Waals surface area contributed by atoms with E-state index in [0.29, 0.717) is 6.04 Å². The summed E-state index contributed by atoms with van der Waals surface area (Å²) in [4.78, 5) is 4.52. The molecule has 0 amide bonds. The molecule has 3 nitrogen and oxygen atoms in total. The van der Waals surface area contributed by atoms with Gasteiger partial charge in [0.25, 0.3) is 0 Å². The Morgan fingerprint density at radius 2 is 2.33 bits per heavy atom. The fraction of sp³-hybridized carbons (Fsp3) is 0.500. The summed E-state index contributed by atoms with van der Waals surface area (Å²) < 4.78 is 1.18. The van der Waals surface area contributed by atoms with E-state index < -0.39 is 0 Å². The Labute approximate surface area is 111 Å². The SMILES string of the molecule is CCCC1CC1Nc1cc2nc(C)sc2cc1N. The third-order valence-corrected chi connectivity index (χ3v) is 4.52. The van der Waals surface area contributed by atoms with Crippen LogP contribution in [0.2, 0.25) is 0 Å². The summed E-state index contributed by atoms with van der Waals surface area (Å²) in [6, 6.07) is 4.75. The highest BCUT2D eigenvalue weighted by Gasteiger charge is 2.36. The molecule has 1 saturated carbocycles. The fourth-order valence-corrected chi connectivity index (χ4v) is 3.40. The first kappa shape index (κ1) is 11.8. The smallest absolute Gasteiger partial charge is 0.0907 e. The summed E-state index contributed by atoms with van der Waals surface area (Å²) in [6.45, 7) is 4.28. The molecule has 2 unspecified atom stereocenters. The first-order valence-corrected chi connectivity index (χ1v) is 7.42. The number of anilines is 2. The highest BCUT2D eigenvalue weighted by molar-refractivity contribution is 7.18. The third kappa shape index (κ3) is 2.17. The molecule has 2 atom stereocenters. The van der Waals surface area contributed by atoms with Crippen LogP contribution in [0, 0.1) is 12.8 Å². The number of aromatic nitrogens is 1. The van der Waals surface area contributed by atoms with Gasteiger partial charge in [-0.3, -0.25) is 0 Å². The van der Waals surface area contributed by atoms with Crippen molar-refractivity contribution in [2.75, 3.05) is 11.1 Å². The molecule has 1 aromatic carbocycles. The third-order valence-electron chi connectivity index (χ3n) is 3.59. The lowest BCUT2D eigenvalue weighted by molar-refractivity contribution is 0.693. The number of fused-ring (bicyclic) bond motifs is 1. The van der Waals surface area contributed by atoms with Crippen LogP contribution in [0.3, 0.4) is 0 Å². The van der Waals surface area contributed by atoms with Crippen LogP contribution >= 0.6 is 11.3 Å². The Bertz CT molecular complexity index is 576. The predicted molar refractivity (Wildman–Crippen MR) is 79.2 cm³/mol. The molecule has 1 aliphatic carbocycles. The van der Waals surface area contributed by atoms with Gasteiger partial charge in [-0.2, -0.15) is 0 Å². The Kier molecular flexibility index (Phi) is 2.90. The number of nitrogen functional groups attached to an aromatic ring is 1. The monoisotopic (exact) mass is 261 g/mol. The van der Waals surface area contributed by atoms with Crippen LogP contribution in [-0.2, 0) is 0 Å². The number of rotatable bonds is 4. The van der Waals surface area contributed by atoms with Gasteiger partial charge < -0.3 is 11.1 Å². The highest BCUT2D eigenvalue weighted by Crippen LogP contribution is 2.39. The van der Waals surface area contributed by atoms with Gasteiger partial charge in [-0.15, -0.1) is 11.3 Å². The van der Waals surface area contributed by atoms with Crippen LogP contribution in [0.5, 0.6) is 0 Å². The van der Waals surface area contributed by atoms with Crippen molar-refractivity contribution < 1.29 is 0 Å². The van der Waals surface area contributed by atoms with Gasteiger partial charge in [0, 0.05) is 6.04 Å². The summed E-state index contributed by atoms with van der Waals surface area (Å²) in [6.07, 6.45) is 3.86. The molecule has 4 heteroatoms. The first-order chi connectivity index (χ1) is 8.67. The Morgan fingerprint density at radius 3 is 3.11 bits per heavy atom. The maximum atomic E-state index is 6.11. The number of benzene rings is 1. The number of hydrogen-bond donors (Lipinski definition) is 2. The van der Waals surface area contributed by atoms with Crippen molar-refractivity contribution in [3.05, 3.63) is 17.1 Å². The van der Waals surface area contributed by atoms with Crippen LogP contribution in [-0.4, -0.2) is 11.0 Å². The second-order valence-electron chi connectivity index (χ2n) is 5.18. The largest absolute Gasteiger partial charge is 0.397 e. The average molecular weight is 261 g/mol. The summed E-state index contributed by atoms with van der Waals surface area (Å²) in [5, 5.41) is 4.65. The first-order valence-electron chi connectivity index (χ1n) is 6.60. The Hall–Kier alpha value is -1.29. The molecule has 3 rings (SSSR count). The van der Waals surface area contributed by atoms with Crippen molar-refractivity contribution >= 4 is 32.9 Å². The maximum absolute atomic E-state index is 6.11. The molecule has 1 heterocycles. The zero-order chi connectivity index (χ0) is 12.7. The number of hydrogen-bond acceptors (Lipinski definition) is 4. The Balaban J connectivity index is 1.81. The number of nitrogens with zero attached hydrogens (tertiary/aromatic N) is 1. The van der Waals surface area contributed by atoms with E-state index in [0.717, 1.165) is 27.8 Å². The quantitative estimate of drug-likeness (QED) is 0.823. The molecular weight excluding hydrogens is 242 g/mol. The molecule has 0 spiro atoms. The van der Waals surface area contributed by atoms with Gasteiger partial charge in [0.1, 0.15) is 0 Å². The van der Waals surface area contributed by atoms with E-state index >= 15 is 0 Å². The highest BCUT2D eigenvalue weighted by atomic mass is 32.1. The summed E-state index contributed by atoms with van der Waals surface area (Å²) in [5.41, 5.74) is 9.06. The lowest BCUT2D eigenvalue weighted by atomic mass is 10.2. The second-order valence-corrected chi connectivity index (χ2v) is 6.41. The average Bonchev–Trinajstić information content (AvgIpc) is 2.92. The van der Waals surface area contributed by atoms with Gasteiger partial charge in [-0.25, -0.2) is 4.98 Å². The van der Waals surface area contributed by atoms with Gasteiger partial charge in [0.15, 0.2) is 0 Å². The molecule has 3 N–H and O–H groups in total. The van der Waals surface area contributed by atoms with Gasteiger partial charge >= 0.3 is 0 Å². The minimum atomic E-state index is 0.615. The molecule has 18 heavy (non-hydrogen) atoms. The molecule has 0 saturated heterocycles. The van der Waals surface area contributed by atoms with Crippen LogP contribution in [0.25, 0.3) is 10.2 Å². The minimum absolute atomic E-state index is 0.615. The van der Waals surface area contributed by atoms with E-state index in [-0.39, 0.29) is 0 Å². The summed E-state index contributed by atoms with van der Waals surface area (Å²) >= 11 is 1.70. The van der Waals surface area contributed by atoms with Crippen molar-refractivity contribution in [3.8, 4) is 0 Å². The summed E-state index contributed by atoms with van der Waals surface area (Å²) in [5.74, 6) is 0.835. The van der Waals surface area contributed by atoms with Crippen LogP contribution in [0.1, 0.15) is 31.2 Å². The normalized spacial score (nSPS) is 22.3. The van der Waals surface area contributed by atoms with Crippen molar-refractivity contribution in [3.63, 3.8) is 0 Å². The number of nitrogens with two attached hydrogens (primary N) is 1. The molecule has 0 radical (unpaired) electrons. The minimum Gasteiger partial charge on any atom is -0.397 e. The number of nitrogens with one attached hydrogen (secondary N) is 1. The van der Waals surface area contributed by atoms with Crippen molar-refractivity contribution in [2.45, 2.75) is 39.2 Å². The van der Waals surface area contributed by atoms with Crippen LogP contribution < -0.4 is 11.1 Å². The molecule has 1 aromatic heterocycles. The van der Waals surface area contributed by atoms with E-state index in [2.05, 4.69) is 23.3 Å². The van der Waals surface area contributed by atoms with E-state index in [4.69, 9.17) is 5.73 Å². The van der Waals surface area contributed by atoms with E-state index in [9.17, 15) is 0 Å². The number of aryl methyl sites for hydroxylation is 1. The van der Waals surface area contributed by atoms with Crippen LogP contribution in [0.4, 0.5) is 11.4 Å². The van der Waals surface area contributed by atoms with Crippen molar-refractivity contribution in [2.24, 2.45) is 5.92 Å². The molecule has 96 valence electrons. The molecule has 0 bridgehead atoms. The number of thiazole rings is 1. The molecule has 2 aromatic rings. The lowest BCUT2D eigenvalue weighted by Crippen LogP contribution is -2.06. The van der Waals surface area contributed by atoms with E-state index in [1.54, 1.807) is 11.3 Å². The lowest BCUT2D eigenvalue weighted by Gasteiger charge is -2.09. The second kappa shape index (κ2) is 4.43. The molecule has 0 aliphatic heterocycles. The van der Waals surface area contributed by atoms with Gasteiger partial charge in [0.2, 0.25) is 0 Å². The van der Waals surface area contributed by atoms with Crippen molar-refractivity contribution in [1.82, 2.24) is 4.98 Å². The fourth-order valence-electron chi connectivity index (χ4n) is 2.54.